The average molecular weight is 463 g/mol. The molecular weight excluding hydrogens is 439 g/mol. The number of ether oxygens (including phenoxy) is 1. The van der Waals surface area contributed by atoms with Crippen LogP contribution in [-0.2, 0) is 17.9 Å². The summed E-state index contributed by atoms with van der Waals surface area (Å²) in [7, 11) is 0. The van der Waals surface area contributed by atoms with Gasteiger partial charge in [-0.3, -0.25) is 4.79 Å². The number of imidazole rings is 1. The van der Waals surface area contributed by atoms with E-state index in [9.17, 15) is 9.18 Å². The molecule has 4 rings (SSSR count). The molecule has 0 unspecified atom stereocenters. The van der Waals surface area contributed by atoms with Crippen molar-refractivity contribution in [1.29, 1.82) is 0 Å². The Bertz CT molecular complexity index is 1300. The summed E-state index contributed by atoms with van der Waals surface area (Å²) in [5.74, 6) is 0.761. The summed E-state index contributed by atoms with van der Waals surface area (Å²) in [6.07, 6.45) is 6.49. The highest BCUT2D eigenvalue weighted by Crippen LogP contribution is 2.18. The lowest BCUT2D eigenvalue weighted by molar-refractivity contribution is -0.116. The number of nitrogens with one attached hydrogen (secondary N) is 1. The zero-order chi connectivity index (χ0) is 23.2. The number of benzene rings is 2. The molecule has 0 saturated heterocycles. The van der Waals surface area contributed by atoms with Gasteiger partial charge in [0.05, 0.1) is 16.4 Å². The fraction of sp³-hybridized carbons (Fsp3) is 0.160. The van der Waals surface area contributed by atoms with Crippen LogP contribution in [0.2, 0.25) is 0 Å². The van der Waals surface area contributed by atoms with Gasteiger partial charge in [0.2, 0.25) is 5.91 Å². The van der Waals surface area contributed by atoms with Gasteiger partial charge in [0.15, 0.2) is 0 Å². The van der Waals surface area contributed by atoms with Crippen LogP contribution in [0.25, 0.3) is 11.8 Å². The molecular formula is C25H23FN4O2S. The molecule has 0 aliphatic rings. The number of thiazole rings is 1. The highest BCUT2D eigenvalue weighted by molar-refractivity contribution is 7.09. The summed E-state index contributed by atoms with van der Waals surface area (Å²) >= 11 is 1.59. The SMILES string of the molecule is Cc1nc(COc2cccc(/C=C/C(=O)NCc3ccc(-n4ccnc4C)c(F)c3)c2)cs1. The summed E-state index contributed by atoms with van der Waals surface area (Å²) < 4.78 is 22.0. The Kier molecular flexibility index (Phi) is 6.95. The van der Waals surface area contributed by atoms with Crippen molar-refractivity contribution in [1.82, 2.24) is 19.9 Å². The number of aromatic nitrogens is 3. The van der Waals surface area contributed by atoms with E-state index in [1.165, 1.54) is 12.1 Å². The molecule has 0 radical (unpaired) electrons. The number of halogens is 1. The normalized spacial score (nSPS) is 11.1. The van der Waals surface area contributed by atoms with Gasteiger partial charge in [0.25, 0.3) is 0 Å². The van der Waals surface area contributed by atoms with E-state index in [4.69, 9.17) is 4.74 Å². The molecule has 0 bridgehead atoms. The molecule has 33 heavy (non-hydrogen) atoms. The molecule has 6 nitrogen and oxygen atoms in total. The fourth-order valence-electron chi connectivity index (χ4n) is 3.25. The van der Waals surface area contributed by atoms with Crippen LogP contribution in [-0.4, -0.2) is 20.4 Å². The number of hydrogen-bond acceptors (Lipinski definition) is 5. The largest absolute Gasteiger partial charge is 0.487 e. The lowest BCUT2D eigenvalue weighted by Gasteiger charge is -2.09. The minimum atomic E-state index is -0.372. The van der Waals surface area contributed by atoms with E-state index >= 15 is 0 Å². The van der Waals surface area contributed by atoms with Crippen LogP contribution in [0.15, 0.2) is 66.3 Å². The molecule has 168 valence electrons. The molecule has 0 spiro atoms. The average Bonchev–Trinajstić information content (AvgIpc) is 3.43. The van der Waals surface area contributed by atoms with E-state index < -0.39 is 0 Å². The molecule has 1 N–H and O–H groups in total. The second kappa shape index (κ2) is 10.2. The number of carbonyl (C=O) groups is 1. The molecule has 2 aromatic carbocycles. The van der Waals surface area contributed by atoms with Crippen molar-refractivity contribution in [3.63, 3.8) is 0 Å². The monoisotopic (exact) mass is 462 g/mol. The molecule has 8 heteroatoms. The van der Waals surface area contributed by atoms with Crippen molar-refractivity contribution in [2.45, 2.75) is 27.0 Å². The Morgan fingerprint density at radius 2 is 2.12 bits per heavy atom. The Morgan fingerprint density at radius 1 is 1.24 bits per heavy atom. The maximum absolute atomic E-state index is 14.5. The molecule has 0 atom stereocenters. The Morgan fingerprint density at radius 3 is 2.85 bits per heavy atom. The van der Waals surface area contributed by atoms with Crippen LogP contribution in [0, 0.1) is 19.7 Å². The predicted molar refractivity (Wildman–Crippen MR) is 127 cm³/mol. The minimum Gasteiger partial charge on any atom is -0.487 e. The molecule has 2 aromatic heterocycles. The number of amides is 1. The van der Waals surface area contributed by atoms with E-state index in [1.807, 2.05) is 43.5 Å². The maximum atomic E-state index is 14.5. The van der Waals surface area contributed by atoms with Gasteiger partial charge >= 0.3 is 0 Å². The molecule has 4 aromatic rings. The highest BCUT2D eigenvalue weighted by Gasteiger charge is 2.08. The van der Waals surface area contributed by atoms with E-state index in [2.05, 4.69) is 15.3 Å². The van der Waals surface area contributed by atoms with Crippen LogP contribution >= 0.6 is 11.3 Å². The van der Waals surface area contributed by atoms with Gasteiger partial charge in [-0.2, -0.15) is 0 Å². The highest BCUT2D eigenvalue weighted by atomic mass is 32.1. The number of aryl methyl sites for hydroxylation is 2. The lowest BCUT2D eigenvalue weighted by Crippen LogP contribution is -2.20. The van der Waals surface area contributed by atoms with E-state index in [0.717, 1.165) is 16.3 Å². The van der Waals surface area contributed by atoms with Crippen molar-refractivity contribution in [2.75, 3.05) is 0 Å². The number of carbonyl (C=O) groups excluding carboxylic acids is 1. The smallest absolute Gasteiger partial charge is 0.244 e. The first-order chi connectivity index (χ1) is 16.0. The van der Waals surface area contributed by atoms with Crippen LogP contribution in [0.1, 0.15) is 27.7 Å². The summed E-state index contributed by atoms with van der Waals surface area (Å²) in [4.78, 5) is 20.7. The van der Waals surface area contributed by atoms with E-state index in [-0.39, 0.29) is 18.3 Å². The minimum absolute atomic E-state index is 0.222. The number of nitrogens with zero attached hydrogens (tertiary/aromatic N) is 3. The van der Waals surface area contributed by atoms with Crippen LogP contribution in [0.4, 0.5) is 4.39 Å². The maximum Gasteiger partial charge on any atom is 0.244 e. The molecule has 0 saturated carbocycles. The first-order valence-electron chi connectivity index (χ1n) is 10.4. The summed E-state index contributed by atoms with van der Waals surface area (Å²) in [5.41, 5.74) is 2.82. The predicted octanol–water partition coefficient (Wildman–Crippen LogP) is 4.99. The summed E-state index contributed by atoms with van der Waals surface area (Å²) in [5, 5.41) is 5.75. The van der Waals surface area contributed by atoms with Gasteiger partial charge < -0.3 is 14.6 Å². The second-order valence-electron chi connectivity index (χ2n) is 7.40. The van der Waals surface area contributed by atoms with Crippen molar-refractivity contribution in [3.05, 3.63) is 99.8 Å². The van der Waals surface area contributed by atoms with Gasteiger partial charge in [-0.1, -0.05) is 18.2 Å². The third-order valence-electron chi connectivity index (χ3n) is 4.90. The number of hydrogen-bond donors (Lipinski definition) is 1. The van der Waals surface area contributed by atoms with Crippen molar-refractivity contribution < 1.29 is 13.9 Å². The van der Waals surface area contributed by atoms with Gasteiger partial charge in [-0.25, -0.2) is 14.4 Å². The third kappa shape index (κ3) is 5.93. The topological polar surface area (TPSA) is 69.0 Å². The Hall–Kier alpha value is -3.78. The van der Waals surface area contributed by atoms with Gasteiger partial charge in [0.1, 0.15) is 24.0 Å². The molecule has 0 aliphatic heterocycles. The summed E-state index contributed by atoms with van der Waals surface area (Å²) in [6.45, 7) is 4.38. The quantitative estimate of drug-likeness (QED) is 0.375. The van der Waals surface area contributed by atoms with E-state index in [1.54, 1.807) is 46.5 Å². The first-order valence-corrected chi connectivity index (χ1v) is 11.2. The van der Waals surface area contributed by atoms with Gasteiger partial charge in [-0.15, -0.1) is 11.3 Å². The van der Waals surface area contributed by atoms with Crippen molar-refractivity contribution >= 4 is 23.3 Å². The molecule has 0 aliphatic carbocycles. The zero-order valence-corrected chi connectivity index (χ0v) is 19.1. The lowest BCUT2D eigenvalue weighted by atomic mass is 10.2. The summed E-state index contributed by atoms with van der Waals surface area (Å²) in [6, 6.07) is 12.4. The first kappa shape index (κ1) is 22.4. The van der Waals surface area contributed by atoms with Crippen LogP contribution in [0.3, 0.4) is 0 Å². The van der Waals surface area contributed by atoms with Crippen molar-refractivity contribution in [3.8, 4) is 11.4 Å². The Balaban J connectivity index is 1.31. The van der Waals surface area contributed by atoms with Crippen LogP contribution in [0.5, 0.6) is 5.75 Å². The van der Waals surface area contributed by atoms with Crippen molar-refractivity contribution in [2.24, 2.45) is 0 Å². The molecule has 0 fully saturated rings. The van der Waals surface area contributed by atoms with Crippen LogP contribution < -0.4 is 10.1 Å². The second-order valence-corrected chi connectivity index (χ2v) is 8.46. The van der Waals surface area contributed by atoms with E-state index in [0.29, 0.717) is 29.4 Å². The third-order valence-corrected chi connectivity index (χ3v) is 5.72. The van der Waals surface area contributed by atoms with Gasteiger partial charge in [-0.05, 0) is 55.3 Å². The van der Waals surface area contributed by atoms with Gasteiger partial charge in [0, 0.05) is 30.4 Å². The molecule has 1 amide bonds. The fourth-order valence-corrected chi connectivity index (χ4v) is 3.85. The standard InChI is InChI=1S/C25H23FN4O2S/c1-17-27-10-11-30(17)24-8-6-20(13-23(24)26)14-28-25(31)9-7-19-4-3-5-22(12-19)32-15-21-16-33-18(2)29-21/h3-13,16H,14-15H2,1-2H3,(H,28,31)/b9-7+. The zero-order valence-electron chi connectivity index (χ0n) is 18.3. The molecule has 2 heterocycles. The Labute approximate surface area is 195 Å². The number of rotatable bonds is 8.